The van der Waals surface area contributed by atoms with E-state index in [1.807, 2.05) is 6.07 Å². The summed E-state index contributed by atoms with van der Waals surface area (Å²) in [5.41, 5.74) is 2.36. The van der Waals surface area contributed by atoms with Crippen molar-refractivity contribution >= 4 is 17.0 Å². The summed E-state index contributed by atoms with van der Waals surface area (Å²) in [7, 11) is 0. The smallest absolute Gasteiger partial charge is 0.335 e. The predicted molar refractivity (Wildman–Crippen MR) is 73.6 cm³/mol. The summed E-state index contributed by atoms with van der Waals surface area (Å²) < 4.78 is 2.32. The first-order chi connectivity index (χ1) is 9.05. The van der Waals surface area contributed by atoms with Crippen molar-refractivity contribution in [1.82, 2.24) is 9.55 Å². The molecule has 3 rings (SSSR count). The van der Waals surface area contributed by atoms with Crippen LogP contribution in [0.5, 0.6) is 0 Å². The number of benzene rings is 1. The third-order valence-corrected chi connectivity index (χ3v) is 3.96. The number of imidazole rings is 1. The summed E-state index contributed by atoms with van der Waals surface area (Å²) in [6.07, 6.45) is 4.34. The van der Waals surface area contributed by atoms with Crippen molar-refractivity contribution in [2.45, 2.75) is 45.1 Å². The number of hydrogen-bond acceptors (Lipinski definition) is 2. The molecule has 19 heavy (non-hydrogen) atoms. The molecule has 0 radical (unpaired) electrons. The first-order valence-electron chi connectivity index (χ1n) is 6.80. The van der Waals surface area contributed by atoms with Gasteiger partial charge in [-0.1, -0.05) is 6.92 Å². The quantitative estimate of drug-likeness (QED) is 0.916. The van der Waals surface area contributed by atoms with Crippen molar-refractivity contribution in [3.05, 3.63) is 29.6 Å². The summed E-state index contributed by atoms with van der Waals surface area (Å²) in [6.45, 7) is 4.39. The highest BCUT2D eigenvalue weighted by Gasteiger charge is 2.41. The standard InChI is InChI=1S/C15H18N2O2/c1-3-4-13-16-11-9-10(14(18)19)5-6-12(11)17(13)15(2)7-8-15/h5-6,9H,3-4,7-8H2,1-2H3,(H,18,19). The molecule has 0 saturated heterocycles. The molecule has 1 aliphatic carbocycles. The first-order valence-corrected chi connectivity index (χ1v) is 6.80. The van der Waals surface area contributed by atoms with Crippen LogP contribution in [-0.2, 0) is 12.0 Å². The average molecular weight is 258 g/mol. The zero-order chi connectivity index (χ0) is 13.6. The van der Waals surface area contributed by atoms with Gasteiger partial charge in [-0.2, -0.15) is 0 Å². The lowest BCUT2D eigenvalue weighted by Gasteiger charge is -2.15. The summed E-state index contributed by atoms with van der Waals surface area (Å²) in [5, 5.41) is 9.06. The molecule has 0 amide bonds. The Kier molecular flexibility index (Phi) is 2.62. The number of aryl methyl sites for hydroxylation is 1. The van der Waals surface area contributed by atoms with Crippen LogP contribution in [0.2, 0.25) is 0 Å². The van der Waals surface area contributed by atoms with E-state index in [1.165, 1.54) is 12.8 Å². The SMILES string of the molecule is CCCc1nc2cc(C(=O)O)ccc2n1C1(C)CC1. The highest BCUT2D eigenvalue weighted by atomic mass is 16.4. The lowest BCUT2D eigenvalue weighted by molar-refractivity contribution is 0.0697. The molecule has 1 aromatic heterocycles. The van der Waals surface area contributed by atoms with E-state index in [9.17, 15) is 4.79 Å². The molecule has 1 aliphatic rings. The Morgan fingerprint density at radius 1 is 1.47 bits per heavy atom. The lowest BCUT2D eigenvalue weighted by atomic mass is 10.2. The summed E-state index contributed by atoms with van der Waals surface area (Å²) in [5.74, 6) is 0.186. The van der Waals surface area contributed by atoms with Gasteiger partial charge in [0.05, 0.1) is 16.6 Å². The van der Waals surface area contributed by atoms with Gasteiger partial charge in [0.2, 0.25) is 0 Å². The Labute approximate surface area is 112 Å². The molecule has 2 aromatic rings. The maximum Gasteiger partial charge on any atom is 0.335 e. The zero-order valence-electron chi connectivity index (χ0n) is 11.3. The van der Waals surface area contributed by atoms with Gasteiger partial charge in [-0.25, -0.2) is 9.78 Å². The number of carbonyl (C=O) groups is 1. The fourth-order valence-corrected chi connectivity index (χ4v) is 2.66. The first kappa shape index (κ1) is 12.2. The molecule has 1 heterocycles. The third kappa shape index (κ3) is 1.91. The number of aromatic nitrogens is 2. The van der Waals surface area contributed by atoms with Gasteiger partial charge in [0, 0.05) is 12.0 Å². The van der Waals surface area contributed by atoms with E-state index in [1.54, 1.807) is 12.1 Å². The summed E-state index contributed by atoms with van der Waals surface area (Å²) in [4.78, 5) is 15.7. The number of carboxylic acid groups (broad SMARTS) is 1. The lowest BCUT2D eigenvalue weighted by Crippen LogP contribution is -2.15. The van der Waals surface area contributed by atoms with Crippen LogP contribution in [0.4, 0.5) is 0 Å². The molecule has 1 aromatic carbocycles. The highest BCUT2D eigenvalue weighted by molar-refractivity contribution is 5.92. The van der Waals surface area contributed by atoms with Crippen LogP contribution in [0.15, 0.2) is 18.2 Å². The van der Waals surface area contributed by atoms with Gasteiger partial charge in [-0.3, -0.25) is 0 Å². The van der Waals surface area contributed by atoms with Gasteiger partial charge < -0.3 is 9.67 Å². The molecule has 1 saturated carbocycles. The molecular formula is C15H18N2O2. The van der Waals surface area contributed by atoms with Crippen molar-refractivity contribution < 1.29 is 9.90 Å². The average Bonchev–Trinajstić information content (AvgIpc) is 3.00. The molecule has 4 heteroatoms. The molecule has 1 N–H and O–H groups in total. The number of hydrogen-bond donors (Lipinski definition) is 1. The van der Waals surface area contributed by atoms with E-state index >= 15 is 0 Å². The van der Waals surface area contributed by atoms with Crippen LogP contribution in [0.3, 0.4) is 0 Å². The minimum absolute atomic E-state index is 0.185. The Morgan fingerprint density at radius 2 is 2.21 bits per heavy atom. The third-order valence-electron chi connectivity index (χ3n) is 3.96. The second-order valence-corrected chi connectivity index (χ2v) is 5.62. The van der Waals surface area contributed by atoms with Crippen LogP contribution < -0.4 is 0 Å². The number of fused-ring (bicyclic) bond motifs is 1. The van der Waals surface area contributed by atoms with Crippen molar-refractivity contribution in [2.75, 3.05) is 0 Å². The Balaban J connectivity index is 2.20. The molecule has 0 bridgehead atoms. The molecule has 0 spiro atoms. The largest absolute Gasteiger partial charge is 0.478 e. The van der Waals surface area contributed by atoms with Gasteiger partial charge in [-0.05, 0) is 44.4 Å². The zero-order valence-corrected chi connectivity index (χ0v) is 11.3. The summed E-state index contributed by atoms with van der Waals surface area (Å²) >= 11 is 0. The van der Waals surface area contributed by atoms with Crippen LogP contribution in [-0.4, -0.2) is 20.6 Å². The number of aromatic carboxylic acids is 1. The van der Waals surface area contributed by atoms with Gasteiger partial charge in [-0.15, -0.1) is 0 Å². The molecule has 0 atom stereocenters. The number of carboxylic acids is 1. The molecule has 0 unspecified atom stereocenters. The van der Waals surface area contributed by atoms with Crippen LogP contribution in [0.25, 0.3) is 11.0 Å². The normalized spacial score (nSPS) is 16.7. The van der Waals surface area contributed by atoms with Crippen molar-refractivity contribution in [3.8, 4) is 0 Å². The number of rotatable bonds is 4. The highest BCUT2D eigenvalue weighted by Crippen LogP contribution is 2.45. The number of nitrogens with zero attached hydrogens (tertiary/aromatic N) is 2. The van der Waals surface area contributed by atoms with Gasteiger partial charge >= 0.3 is 5.97 Å². The van der Waals surface area contributed by atoms with E-state index in [0.717, 1.165) is 29.7 Å². The van der Waals surface area contributed by atoms with E-state index in [4.69, 9.17) is 5.11 Å². The molecule has 100 valence electrons. The Bertz CT molecular complexity index is 653. The Hall–Kier alpha value is -1.84. The maximum absolute atomic E-state index is 11.0. The van der Waals surface area contributed by atoms with E-state index in [2.05, 4.69) is 23.4 Å². The van der Waals surface area contributed by atoms with Crippen molar-refractivity contribution in [1.29, 1.82) is 0 Å². The van der Waals surface area contributed by atoms with Crippen molar-refractivity contribution in [2.24, 2.45) is 0 Å². The fraction of sp³-hybridized carbons (Fsp3) is 0.467. The van der Waals surface area contributed by atoms with E-state index in [-0.39, 0.29) is 5.54 Å². The maximum atomic E-state index is 11.0. The Morgan fingerprint density at radius 3 is 2.79 bits per heavy atom. The predicted octanol–water partition coefficient (Wildman–Crippen LogP) is 3.20. The topological polar surface area (TPSA) is 55.1 Å². The van der Waals surface area contributed by atoms with Crippen LogP contribution in [0, 0.1) is 0 Å². The molecular weight excluding hydrogens is 240 g/mol. The fourth-order valence-electron chi connectivity index (χ4n) is 2.66. The molecule has 0 aliphatic heterocycles. The second kappa shape index (κ2) is 4.08. The summed E-state index contributed by atoms with van der Waals surface area (Å²) in [6, 6.07) is 5.25. The van der Waals surface area contributed by atoms with Crippen molar-refractivity contribution in [3.63, 3.8) is 0 Å². The van der Waals surface area contributed by atoms with E-state index in [0.29, 0.717) is 5.56 Å². The van der Waals surface area contributed by atoms with Gasteiger partial charge in [0.15, 0.2) is 0 Å². The monoisotopic (exact) mass is 258 g/mol. The van der Waals surface area contributed by atoms with Crippen LogP contribution >= 0.6 is 0 Å². The van der Waals surface area contributed by atoms with Gasteiger partial charge in [0.25, 0.3) is 0 Å². The minimum atomic E-state index is -0.897. The second-order valence-electron chi connectivity index (χ2n) is 5.62. The molecule has 4 nitrogen and oxygen atoms in total. The molecule has 1 fully saturated rings. The minimum Gasteiger partial charge on any atom is -0.478 e. The van der Waals surface area contributed by atoms with Crippen LogP contribution in [0.1, 0.15) is 49.3 Å². The van der Waals surface area contributed by atoms with Gasteiger partial charge in [0.1, 0.15) is 5.82 Å². The van der Waals surface area contributed by atoms with E-state index < -0.39 is 5.97 Å².